The summed E-state index contributed by atoms with van der Waals surface area (Å²) >= 11 is 0. The smallest absolute Gasteiger partial charge is 0.142 e. The molecule has 0 aliphatic rings. The molecule has 0 heterocycles. The highest BCUT2D eigenvalue weighted by Gasteiger charge is 2.20. The summed E-state index contributed by atoms with van der Waals surface area (Å²) in [6.07, 6.45) is 5.41. The number of allylic oxidation sites excluding steroid dienone is 4. The molecular weight excluding hydrogens is 164 g/mol. The standard InChI is InChI=1S/C10H14N2O/c1-10(2,8-11)9(12-3)6-4-5-7-13/h4-7,12H,1-3H3/b5-4-,9-6-. The van der Waals surface area contributed by atoms with Gasteiger partial charge in [0.15, 0.2) is 0 Å². The summed E-state index contributed by atoms with van der Waals surface area (Å²) in [7, 11) is 1.75. The van der Waals surface area contributed by atoms with Crippen LogP contribution in [-0.2, 0) is 4.79 Å². The second-order valence-electron chi connectivity index (χ2n) is 3.09. The van der Waals surface area contributed by atoms with Gasteiger partial charge < -0.3 is 5.32 Å². The molecule has 13 heavy (non-hydrogen) atoms. The van der Waals surface area contributed by atoms with E-state index < -0.39 is 5.41 Å². The van der Waals surface area contributed by atoms with Gasteiger partial charge in [-0.2, -0.15) is 5.26 Å². The van der Waals surface area contributed by atoms with Gasteiger partial charge in [0.2, 0.25) is 0 Å². The minimum Gasteiger partial charge on any atom is -0.390 e. The highest BCUT2D eigenvalue weighted by Crippen LogP contribution is 2.22. The molecule has 0 aromatic carbocycles. The Morgan fingerprint density at radius 1 is 1.46 bits per heavy atom. The molecule has 0 aromatic heterocycles. The summed E-state index contributed by atoms with van der Waals surface area (Å²) in [6.45, 7) is 3.62. The highest BCUT2D eigenvalue weighted by atomic mass is 16.1. The fourth-order valence-electron chi connectivity index (χ4n) is 0.862. The summed E-state index contributed by atoms with van der Waals surface area (Å²) < 4.78 is 0. The summed E-state index contributed by atoms with van der Waals surface area (Å²) in [6, 6.07) is 2.17. The topological polar surface area (TPSA) is 52.9 Å². The fourth-order valence-corrected chi connectivity index (χ4v) is 0.862. The molecule has 0 saturated heterocycles. The molecule has 0 aliphatic carbocycles. The molecule has 0 unspecified atom stereocenters. The maximum Gasteiger partial charge on any atom is 0.142 e. The fraction of sp³-hybridized carbons (Fsp3) is 0.400. The predicted octanol–water partition coefficient (Wildman–Crippen LogP) is 1.39. The summed E-state index contributed by atoms with van der Waals surface area (Å²) in [5.74, 6) is 0. The van der Waals surface area contributed by atoms with E-state index in [-0.39, 0.29) is 0 Å². The molecule has 0 aromatic rings. The summed E-state index contributed by atoms with van der Waals surface area (Å²) in [5.41, 5.74) is 0.232. The number of nitrogens with one attached hydrogen (secondary N) is 1. The van der Waals surface area contributed by atoms with Crippen molar-refractivity contribution >= 4 is 6.29 Å². The zero-order chi connectivity index (χ0) is 10.3. The van der Waals surface area contributed by atoms with Gasteiger partial charge in [-0.15, -0.1) is 0 Å². The number of carbonyl (C=O) groups is 1. The largest absolute Gasteiger partial charge is 0.390 e. The first-order valence-corrected chi connectivity index (χ1v) is 4.00. The molecule has 0 saturated carbocycles. The van der Waals surface area contributed by atoms with Crippen molar-refractivity contribution in [3.05, 3.63) is 23.9 Å². The third kappa shape index (κ3) is 3.57. The van der Waals surface area contributed by atoms with Crippen molar-refractivity contribution < 1.29 is 4.79 Å². The van der Waals surface area contributed by atoms with Crippen molar-refractivity contribution in [2.75, 3.05) is 7.05 Å². The van der Waals surface area contributed by atoms with Crippen LogP contribution in [-0.4, -0.2) is 13.3 Å². The molecule has 0 radical (unpaired) electrons. The van der Waals surface area contributed by atoms with Crippen LogP contribution < -0.4 is 5.32 Å². The van der Waals surface area contributed by atoms with E-state index in [4.69, 9.17) is 5.26 Å². The molecule has 1 N–H and O–H groups in total. The van der Waals surface area contributed by atoms with Gasteiger partial charge >= 0.3 is 0 Å². The van der Waals surface area contributed by atoms with E-state index in [1.807, 2.05) is 13.8 Å². The van der Waals surface area contributed by atoms with Gasteiger partial charge in [0.05, 0.1) is 11.5 Å². The molecule has 0 spiro atoms. The maximum absolute atomic E-state index is 9.99. The van der Waals surface area contributed by atoms with Crippen LogP contribution in [0.25, 0.3) is 0 Å². The molecule has 3 nitrogen and oxygen atoms in total. The van der Waals surface area contributed by atoms with Crippen LogP contribution in [0, 0.1) is 16.7 Å². The average Bonchev–Trinajstić information content (AvgIpc) is 2.12. The van der Waals surface area contributed by atoms with E-state index in [0.29, 0.717) is 6.29 Å². The molecule has 0 aliphatic heterocycles. The number of hydrogen-bond acceptors (Lipinski definition) is 3. The summed E-state index contributed by atoms with van der Waals surface area (Å²) in [5, 5.41) is 11.8. The molecular formula is C10H14N2O. The number of nitrogens with zero attached hydrogens (tertiary/aromatic N) is 1. The van der Waals surface area contributed by atoms with Gasteiger partial charge in [0, 0.05) is 12.7 Å². The number of aldehydes is 1. The Bertz CT molecular complexity index is 269. The number of nitriles is 1. The third-order valence-electron chi connectivity index (χ3n) is 1.67. The van der Waals surface area contributed by atoms with E-state index in [9.17, 15) is 4.79 Å². The van der Waals surface area contributed by atoms with Gasteiger partial charge in [0.1, 0.15) is 6.29 Å². The van der Waals surface area contributed by atoms with Crippen LogP contribution in [0.15, 0.2) is 23.9 Å². The first kappa shape index (κ1) is 11.4. The summed E-state index contributed by atoms with van der Waals surface area (Å²) in [4.78, 5) is 9.99. The quantitative estimate of drug-likeness (QED) is 0.402. The lowest BCUT2D eigenvalue weighted by atomic mass is 9.91. The molecule has 70 valence electrons. The third-order valence-corrected chi connectivity index (χ3v) is 1.67. The van der Waals surface area contributed by atoms with Gasteiger partial charge in [-0.1, -0.05) is 6.08 Å². The van der Waals surface area contributed by atoms with Crippen LogP contribution in [0.5, 0.6) is 0 Å². The zero-order valence-corrected chi connectivity index (χ0v) is 8.16. The molecule has 0 amide bonds. The van der Waals surface area contributed by atoms with Crippen LogP contribution in [0.1, 0.15) is 13.8 Å². The van der Waals surface area contributed by atoms with Gasteiger partial charge in [-0.25, -0.2) is 0 Å². The van der Waals surface area contributed by atoms with Crippen molar-refractivity contribution in [1.29, 1.82) is 5.26 Å². The Labute approximate surface area is 78.7 Å². The lowest BCUT2D eigenvalue weighted by molar-refractivity contribution is -0.104. The van der Waals surface area contributed by atoms with Gasteiger partial charge in [-0.05, 0) is 26.0 Å². The number of hydrogen-bond donors (Lipinski definition) is 1. The van der Waals surface area contributed by atoms with Crippen molar-refractivity contribution in [3.63, 3.8) is 0 Å². The SMILES string of the molecule is CN/C(=C\C=C/C=O)C(C)(C)C#N. The van der Waals surface area contributed by atoms with E-state index in [1.54, 1.807) is 19.2 Å². The van der Waals surface area contributed by atoms with Gasteiger partial charge in [-0.3, -0.25) is 4.79 Å². The average molecular weight is 178 g/mol. The Hall–Kier alpha value is -1.56. The van der Waals surface area contributed by atoms with Crippen LogP contribution in [0.3, 0.4) is 0 Å². The first-order valence-electron chi connectivity index (χ1n) is 4.00. The van der Waals surface area contributed by atoms with E-state index in [2.05, 4.69) is 11.4 Å². The van der Waals surface area contributed by atoms with Crippen LogP contribution in [0.4, 0.5) is 0 Å². The number of carbonyl (C=O) groups excluding carboxylic acids is 1. The molecule has 0 fully saturated rings. The molecule has 0 bridgehead atoms. The molecule has 0 atom stereocenters. The van der Waals surface area contributed by atoms with Crippen molar-refractivity contribution in [2.45, 2.75) is 13.8 Å². The lowest BCUT2D eigenvalue weighted by Crippen LogP contribution is -2.22. The minimum atomic E-state index is -0.554. The minimum absolute atomic E-state index is 0.554. The second-order valence-corrected chi connectivity index (χ2v) is 3.09. The number of rotatable bonds is 4. The van der Waals surface area contributed by atoms with Crippen LogP contribution >= 0.6 is 0 Å². The Morgan fingerprint density at radius 2 is 2.08 bits per heavy atom. The normalized spacial score (nSPS) is 12.6. The maximum atomic E-state index is 9.99. The monoisotopic (exact) mass is 178 g/mol. The van der Waals surface area contributed by atoms with E-state index in [0.717, 1.165) is 5.70 Å². The van der Waals surface area contributed by atoms with E-state index >= 15 is 0 Å². The zero-order valence-electron chi connectivity index (χ0n) is 8.16. The van der Waals surface area contributed by atoms with Gasteiger partial charge in [0.25, 0.3) is 0 Å². The van der Waals surface area contributed by atoms with E-state index in [1.165, 1.54) is 6.08 Å². The highest BCUT2D eigenvalue weighted by molar-refractivity contribution is 5.65. The second kappa shape index (κ2) is 5.15. The Kier molecular flexibility index (Phi) is 4.53. The molecule has 0 rings (SSSR count). The first-order chi connectivity index (χ1) is 6.08. The predicted molar refractivity (Wildman–Crippen MR) is 51.7 cm³/mol. The Balaban J connectivity index is 4.71. The van der Waals surface area contributed by atoms with Crippen molar-refractivity contribution in [3.8, 4) is 6.07 Å². The Morgan fingerprint density at radius 3 is 2.46 bits per heavy atom. The molecule has 3 heteroatoms. The lowest BCUT2D eigenvalue weighted by Gasteiger charge is -2.18. The van der Waals surface area contributed by atoms with Crippen LogP contribution in [0.2, 0.25) is 0 Å². The van der Waals surface area contributed by atoms with Crippen molar-refractivity contribution in [1.82, 2.24) is 5.32 Å². The van der Waals surface area contributed by atoms with Crippen molar-refractivity contribution in [2.24, 2.45) is 5.41 Å².